The first-order valence-corrected chi connectivity index (χ1v) is 11.6. The number of thiazole rings is 1. The minimum Gasteiger partial charge on any atom is -0.493 e. The van der Waals surface area contributed by atoms with E-state index in [0.29, 0.717) is 6.10 Å². The van der Waals surface area contributed by atoms with Gasteiger partial charge in [0.2, 0.25) is 0 Å². The molecule has 0 amide bonds. The number of aromatic nitrogens is 1. The van der Waals surface area contributed by atoms with Gasteiger partial charge in [-0.05, 0) is 43.2 Å². The summed E-state index contributed by atoms with van der Waals surface area (Å²) in [6.07, 6.45) is 7.88. The van der Waals surface area contributed by atoms with Gasteiger partial charge in [0.1, 0.15) is 5.01 Å². The third kappa shape index (κ3) is 4.74. The molecule has 2 aromatic heterocycles. The summed E-state index contributed by atoms with van der Waals surface area (Å²) in [4.78, 5) is 5.92. The number of hydrogen-bond donors (Lipinski definition) is 1. The fourth-order valence-corrected chi connectivity index (χ4v) is 5.15. The summed E-state index contributed by atoms with van der Waals surface area (Å²) in [5.74, 6) is 1.70. The molecule has 4 rings (SSSR count). The molecule has 1 atom stereocenters. The van der Waals surface area contributed by atoms with Gasteiger partial charge in [0.05, 0.1) is 19.3 Å². The van der Waals surface area contributed by atoms with Crippen LogP contribution in [0.4, 0.5) is 0 Å². The number of methoxy groups -OCH3 is 1. The zero-order valence-corrected chi connectivity index (χ0v) is 17.7. The number of ether oxygens (including phenoxy) is 2. The molecule has 6 heteroatoms. The molecule has 0 spiro atoms. The number of hydrogen-bond acceptors (Lipinski definition) is 6. The van der Waals surface area contributed by atoms with Crippen LogP contribution in [0.1, 0.15) is 47.2 Å². The topological polar surface area (TPSA) is 43.4 Å². The fraction of sp³-hybridized carbons (Fsp3) is 0.409. The first-order chi connectivity index (χ1) is 13.8. The molecule has 2 heterocycles. The van der Waals surface area contributed by atoms with Crippen molar-refractivity contribution >= 4 is 22.7 Å². The zero-order valence-electron chi connectivity index (χ0n) is 16.1. The second-order valence-corrected chi connectivity index (χ2v) is 9.02. The minimum atomic E-state index is 0.184. The molecular weight excluding hydrogens is 388 g/mol. The molecule has 0 bridgehead atoms. The van der Waals surface area contributed by atoms with Crippen molar-refractivity contribution in [2.24, 2.45) is 0 Å². The molecule has 1 aliphatic carbocycles. The van der Waals surface area contributed by atoms with Crippen molar-refractivity contribution in [2.45, 2.75) is 50.8 Å². The van der Waals surface area contributed by atoms with E-state index in [4.69, 9.17) is 9.47 Å². The molecule has 0 aliphatic heterocycles. The van der Waals surface area contributed by atoms with Crippen LogP contribution in [-0.2, 0) is 13.0 Å². The van der Waals surface area contributed by atoms with Crippen LogP contribution in [0.2, 0.25) is 0 Å². The minimum absolute atomic E-state index is 0.184. The second-order valence-electron chi connectivity index (χ2n) is 7.06. The van der Waals surface area contributed by atoms with E-state index in [1.54, 1.807) is 29.8 Å². The highest BCUT2D eigenvalue weighted by atomic mass is 32.1. The lowest BCUT2D eigenvalue weighted by Gasteiger charge is -2.21. The highest BCUT2D eigenvalue weighted by Gasteiger charge is 2.22. The Bertz CT molecular complexity index is 844. The van der Waals surface area contributed by atoms with Gasteiger partial charge in [-0.25, -0.2) is 4.98 Å². The highest BCUT2D eigenvalue weighted by Crippen LogP contribution is 2.35. The van der Waals surface area contributed by atoms with Gasteiger partial charge in [-0.2, -0.15) is 0 Å². The van der Waals surface area contributed by atoms with Gasteiger partial charge in [-0.15, -0.1) is 22.7 Å². The van der Waals surface area contributed by atoms with Crippen molar-refractivity contribution in [1.29, 1.82) is 0 Å². The molecule has 1 fully saturated rings. The Labute approximate surface area is 174 Å². The fourth-order valence-electron chi connectivity index (χ4n) is 3.68. The molecular formula is C22H26N2O2S2. The van der Waals surface area contributed by atoms with E-state index in [1.807, 2.05) is 23.7 Å². The zero-order chi connectivity index (χ0) is 19.2. The molecule has 0 saturated heterocycles. The molecule has 4 nitrogen and oxygen atoms in total. The maximum Gasteiger partial charge on any atom is 0.166 e. The Morgan fingerprint density at radius 3 is 2.75 bits per heavy atom. The summed E-state index contributed by atoms with van der Waals surface area (Å²) in [6.45, 7) is 0.717. The summed E-state index contributed by atoms with van der Waals surface area (Å²) < 4.78 is 12.0. The Morgan fingerprint density at radius 2 is 2.04 bits per heavy atom. The average Bonchev–Trinajstić information content (AvgIpc) is 3.49. The number of thiophene rings is 1. The summed E-state index contributed by atoms with van der Waals surface area (Å²) in [7, 11) is 1.71. The van der Waals surface area contributed by atoms with Crippen molar-refractivity contribution in [2.75, 3.05) is 7.11 Å². The predicted molar refractivity (Wildman–Crippen MR) is 116 cm³/mol. The summed E-state index contributed by atoms with van der Waals surface area (Å²) in [5.41, 5.74) is 1.14. The monoisotopic (exact) mass is 414 g/mol. The molecule has 28 heavy (non-hydrogen) atoms. The van der Waals surface area contributed by atoms with Crippen LogP contribution < -0.4 is 14.8 Å². The number of benzene rings is 1. The second kappa shape index (κ2) is 9.54. The Hall–Kier alpha value is -1.89. The smallest absolute Gasteiger partial charge is 0.166 e. The van der Waals surface area contributed by atoms with Gasteiger partial charge < -0.3 is 14.8 Å². The standard InChI is InChI=1S/C22H26N2O2S2/c1-25-20-10-4-6-16(21(20)26-17-7-2-3-8-17)15-24-19(22-23-11-13-28-22)14-18-9-5-12-27-18/h4-6,9-13,17,19,24H,2-3,7-8,14-15H2,1H3/t19-/m1/s1. The maximum atomic E-state index is 6.38. The lowest BCUT2D eigenvalue weighted by atomic mass is 10.1. The number of nitrogens with zero attached hydrogens (tertiary/aromatic N) is 1. The van der Waals surface area contributed by atoms with Crippen LogP contribution in [0.3, 0.4) is 0 Å². The first kappa shape index (κ1) is 19.4. The van der Waals surface area contributed by atoms with Crippen LogP contribution in [0, 0.1) is 0 Å². The molecule has 0 unspecified atom stereocenters. The predicted octanol–water partition coefficient (Wildman–Crippen LogP) is 5.61. The van der Waals surface area contributed by atoms with Crippen molar-refractivity contribution in [3.8, 4) is 11.5 Å². The van der Waals surface area contributed by atoms with Crippen LogP contribution in [-0.4, -0.2) is 18.2 Å². The Balaban J connectivity index is 1.51. The molecule has 1 N–H and O–H groups in total. The Morgan fingerprint density at radius 1 is 1.14 bits per heavy atom. The van der Waals surface area contributed by atoms with Crippen molar-refractivity contribution in [1.82, 2.24) is 10.3 Å². The largest absolute Gasteiger partial charge is 0.493 e. The van der Waals surface area contributed by atoms with E-state index in [1.165, 1.54) is 17.7 Å². The summed E-state index contributed by atoms with van der Waals surface area (Å²) >= 11 is 3.49. The highest BCUT2D eigenvalue weighted by molar-refractivity contribution is 7.10. The van der Waals surface area contributed by atoms with Gasteiger partial charge >= 0.3 is 0 Å². The van der Waals surface area contributed by atoms with Crippen LogP contribution in [0.5, 0.6) is 11.5 Å². The normalized spacial score (nSPS) is 15.6. The number of para-hydroxylation sites is 1. The van der Waals surface area contributed by atoms with Gasteiger partial charge in [0, 0.05) is 35.0 Å². The third-order valence-corrected chi connectivity index (χ3v) is 6.93. The van der Waals surface area contributed by atoms with E-state index in [0.717, 1.165) is 47.9 Å². The maximum absolute atomic E-state index is 6.38. The molecule has 0 radical (unpaired) electrons. The molecule has 1 saturated carbocycles. The lowest BCUT2D eigenvalue weighted by molar-refractivity contribution is 0.198. The Kier molecular flexibility index (Phi) is 6.62. The van der Waals surface area contributed by atoms with Gasteiger partial charge in [0.15, 0.2) is 11.5 Å². The molecule has 3 aromatic rings. The van der Waals surface area contributed by atoms with E-state index in [9.17, 15) is 0 Å². The number of nitrogens with one attached hydrogen (secondary N) is 1. The molecule has 1 aromatic carbocycles. The summed E-state index contributed by atoms with van der Waals surface area (Å²) in [6, 6.07) is 10.6. The van der Waals surface area contributed by atoms with Crippen LogP contribution >= 0.6 is 22.7 Å². The summed E-state index contributed by atoms with van der Waals surface area (Å²) in [5, 5.41) is 9.00. The van der Waals surface area contributed by atoms with E-state index in [2.05, 4.69) is 33.9 Å². The van der Waals surface area contributed by atoms with Crippen LogP contribution in [0.25, 0.3) is 0 Å². The average molecular weight is 415 g/mol. The SMILES string of the molecule is COc1cccc(CN[C@H](Cc2cccs2)c2nccs2)c1OC1CCCC1. The lowest BCUT2D eigenvalue weighted by Crippen LogP contribution is -2.23. The van der Waals surface area contributed by atoms with Gasteiger partial charge in [-0.1, -0.05) is 18.2 Å². The molecule has 1 aliphatic rings. The quantitative estimate of drug-likeness (QED) is 0.494. The van der Waals surface area contributed by atoms with E-state index >= 15 is 0 Å². The van der Waals surface area contributed by atoms with Gasteiger partial charge in [-0.3, -0.25) is 0 Å². The first-order valence-electron chi connectivity index (χ1n) is 9.81. The third-order valence-electron chi connectivity index (χ3n) is 5.14. The van der Waals surface area contributed by atoms with Crippen molar-refractivity contribution in [3.05, 3.63) is 62.7 Å². The number of rotatable bonds is 9. The van der Waals surface area contributed by atoms with E-state index in [-0.39, 0.29) is 6.04 Å². The van der Waals surface area contributed by atoms with E-state index < -0.39 is 0 Å². The van der Waals surface area contributed by atoms with Crippen molar-refractivity contribution in [3.63, 3.8) is 0 Å². The van der Waals surface area contributed by atoms with Crippen molar-refractivity contribution < 1.29 is 9.47 Å². The molecule has 148 valence electrons. The van der Waals surface area contributed by atoms with Crippen LogP contribution in [0.15, 0.2) is 47.3 Å². The van der Waals surface area contributed by atoms with Gasteiger partial charge in [0.25, 0.3) is 0 Å².